The molecule has 0 radical (unpaired) electrons. The summed E-state index contributed by atoms with van der Waals surface area (Å²) in [6.07, 6.45) is 7.38. The van der Waals surface area contributed by atoms with E-state index in [1.165, 1.54) is 20.2 Å². The maximum absolute atomic E-state index is 4.37. The van der Waals surface area contributed by atoms with Crippen LogP contribution in [0.15, 0.2) is 116 Å². The maximum atomic E-state index is 4.37. The van der Waals surface area contributed by atoms with Crippen LogP contribution in [-0.4, -0.2) is 9.97 Å². The van der Waals surface area contributed by atoms with Crippen molar-refractivity contribution in [2.45, 2.75) is 0 Å². The van der Waals surface area contributed by atoms with E-state index in [4.69, 9.17) is 0 Å². The van der Waals surface area contributed by atoms with Gasteiger partial charge in [0.2, 0.25) is 0 Å². The van der Waals surface area contributed by atoms with Crippen LogP contribution in [-0.2, 0) is 0 Å². The molecule has 0 bridgehead atoms. The van der Waals surface area contributed by atoms with E-state index in [1.54, 1.807) is 23.7 Å². The van der Waals surface area contributed by atoms with Crippen LogP contribution in [0.1, 0.15) is 0 Å². The molecular weight excluding hydrogens is 424 g/mol. The predicted molar refractivity (Wildman–Crippen MR) is 139 cm³/mol. The predicted octanol–water partition coefficient (Wildman–Crippen LogP) is 8.06. The molecular formula is C28H20N4S. The number of thiophene rings is 1. The molecule has 158 valence electrons. The summed E-state index contributed by atoms with van der Waals surface area (Å²) in [6.45, 7) is 0. The molecule has 0 aliphatic carbocycles. The second kappa shape index (κ2) is 8.37. The largest absolute Gasteiger partial charge is 0.354 e. The van der Waals surface area contributed by atoms with Gasteiger partial charge in [-0.05, 0) is 48.5 Å². The van der Waals surface area contributed by atoms with Gasteiger partial charge in [0, 0.05) is 28.9 Å². The van der Waals surface area contributed by atoms with Crippen molar-refractivity contribution in [1.29, 1.82) is 0 Å². The van der Waals surface area contributed by atoms with Gasteiger partial charge >= 0.3 is 0 Å². The topological polar surface area (TPSA) is 41.0 Å². The smallest absolute Gasteiger partial charge is 0.0646 e. The fourth-order valence-electron chi connectivity index (χ4n) is 4.16. The highest BCUT2D eigenvalue weighted by Crippen LogP contribution is 2.46. The zero-order chi connectivity index (χ0) is 22.0. The Bertz CT molecular complexity index is 1490. The standard InChI is InChI=1S/C28H20N4S/c1-2-8-20(9-3-1)31-25-14-4-12-23-24-13-5-15-26(28(24)33-27(23)25)32(21-10-6-16-29-18-21)22-11-7-17-30-19-22/h1-19,31H. The Kier molecular flexibility index (Phi) is 4.94. The highest BCUT2D eigenvalue weighted by molar-refractivity contribution is 7.27. The molecule has 5 heteroatoms. The fraction of sp³-hybridized carbons (Fsp3) is 0. The highest BCUT2D eigenvalue weighted by atomic mass is 32.1. The molecule has 3 aromatic carbocycles. The Morgan fingerprint density at radius 1 is 0.606 bits per heavy atom. The molecule has 33 heavy (non-hydrogen) atoms. The first kappa shape index (κ1) is 19.5. The molecule has 0 amide bonds. The summed E-state index contributed by atoms with van der Waals surface area (Å²) < 4.78 is 2.46. The van der Waals surface area contributed by atoms with Gasteiger partial charge in [0.05, 0.1) is 44.5 Å². The van der Waals surface area contributed by atoms with Crippen LogP contribution in [0.25, 0.3) is 20.2 Å². The van der Waals surface area contributed by atoms with Crippen molar-refractivity contribution >= 4 is 59.9 Å². The minimum absolute atomic E-state index is 0.998. The number of anilines is 5. The number of nitrogens with zero attached hydrogens (tertiary/aromatic N) is 3. The number of pyridine rings is 2. The normalized spacial score (nSPS) is 11.0. The van der Waals surface area contributed by atoms with Gasteiger partial charge in [-0.15, -0.1) is 11.3 Å². The van der Waals surface area contributed by atoms with E-state index in [0.29, 0.717) is 0 Å². The first-order valence-corrected chi connectivity index (χ1v) is 11.6. The third-order valence-electron chi connectivity index (χ3n) is 5.61. The summed E-state index contributed by atoms with van der Waals surface area (Å²) in [5.41, 5.74) is 5.30. The van der Waals surface area contributed by atoms with Gasteiger partial charge in [-0.1, -0.05) is 42.5 Å². The molecule has 1 N–H and O–H groups in total. The second-order valence-corrected chi connectivity index (χ2v) is 8.71. The minimum atomic E-state index is 0.998. The Labute approximate surface area is 195 Å². The SMILES string of the molecule is c1ccc(Nc2cccc3c2sc2c(N(c4cccnc4)c4cccnc4)cccc23)cc1. The summed E-state index contributed by atoms with van der Waals surface area (Å²) in [4.78, 5) is 11.0. The summed E-state index contributed by atoms with van der Waals surface area (Å²) in [5, 5.41) is 6.08. The molecule has 0 saturated heterocycles. The lowest BCUT2D eigenvalue weighted by molar-refractivity contribution is 1.21. The summed E-state index contributed by atoms with van der Waals surface area (Å²) in [5.74, 6) is 0. The second-order valence-electron chi connectivity index (χ2n) is 7.69. The van der Waals surface area contributed by atoms with E-state index in [0.717, 1.165) is 28.4 Å². The number of benzene rings is 3. The molecule has 0 aliphatic heterocycles. The van der Waals surface area contributed by atoms with Crippen LogP contribution in [0.5, 0.6) is 0 Å². The van der Waals surface area contributed by atoms with Crippen molar-refractivity contribution < 1.29 is 0 Å². The molecule has 0 saturated carbocycles. The Morgan fingerprint density at radius 2 is 1.27 bits per heavy atom. The van der Waals surface area contributed by atoms with Crippen molar-refractivity contribution in [2.75, 3.05) is 10.2 Å². The molecule has 6 rings (SSSR count). The first-order valence-electron chi connectivity index (χ1n) is 10.7. The minimum Gasteiger partial charge on any atom is -0.354 e. The van der Waals surface area contributed by atoms with Gasteiger partial charge in [-0.3, -0.25) is 9.97 Å². The lowest BCUT2D eigenvalue weighted by Crippen LogP contribution is -2.10. The molecule has 3 aromatic heterocycles. The Hall–Kier alpha value is -4.22. The van der Waals surface area contributed by atoms with Crippen molar-refractivity contribution in [1.82, 2.24) is 9.97 Å². The molecule has 0 spiro atoms. The number of aromatic nitrogens is 2. The van der Waals surface area contributed by atoms with Crippen LogP contribution in [0.2, 0.25) is 0 Å². The van der Waals surface area contributed by atoms with E-state index >= 15 is 0 Å². The van der Waals surface area contributed by atoms with Crippen molar-refractivity contribution in [3.05, 3.63) is 116 Å². The number of hydrogen-bond acceptors (Lipinski definition) is 5. The molecule has 3 heterocycles. The number of rotatable bonds is 5. The molecule has 0 fully saturated rings. The van der Waals surface area contributed by atoms with Crippen LogP contribution >= 0.6 is 11.3 Å². The van der Waals surface area contributed by atoms with Crippen LogP contribution < -0.4 is 10.2 Å². The van der Waals surface area contributed by atoms with Gasteiger partial charge in [-0.2, -0.15) is 0 Å². The Balaban J connectivity index is 1.57. The van der Waals surface area contributed by atoms with Gasteiger partial charge in [0.1, 0.15) is 0 Å². The quantitative estimate of drug-likeness (QED) is 0.292. The molecule has 0 aliphatic rings. The summed E-state index contributed by atoms with van der Waals surface area (Å²) in [7, 11) is 0. The van der Waals surface area contributed by atoms with E-state index < -0.39 is 0 Å². The van der Waals surface area contributed by atoms with E-state index in [9.17, 15) is 0 Å². The molecule has 6 aromatic rings. The zero-order valence-corrected chi connectivity index (χ0v) is 18.5. The van der Waals surface area contributed by atoms with Crippen molar-refractivity contribution in [3.8, 4) is 0 Å². The maximum Gasteiger partial charge on any atom is 0.0646 e. The van der Waals surface area contributed by atoms with Gasteiger partial charge in [-0.25, -0.2) is 0 Å². The monoisotopic (exact) mass is 444 g/mol. The lowest BCUT2D eigenvalue weighted by Gasteiger charge is -2.25. The number of fused-ring (bicyclic) bond motifs is 3. The van der Waals surface area contributed by atoms with Crippen molar-refractivity contribution in [2.24, 2.45) is 0 Å². The summed E-state index contributed by atoms with van der Waals surface area (Å²) >= 11 is 1.81. The number of hydrogen-bond donors (Lipinski definition) is 1. The van der Waals surface area contributed by atoms with E-state index in [2.05, 4.69) is 80.8 Å². The number of para-hydroxylation sites is 1. The fourth-order valence-corrected chi connectivity index (χ4v) is 5.43. The van der Waals surface area contributed by atoms with Gasteiger partial charge in [0.25, 0.3) is 0 Å². The van der Waals surface area contributed by atoms with E-state index in [-0.39, 0.29) is 0 Å². The first-order chi connectivity index (χ1) is 16.4. The third kappa shape index (κ3) is 3.58. The molecule has 0 atom stereocenters. The highest BCUT2D eigenvalue weighted by Gasteiger charge is 2.19. The van der Waals surface area contributed by atoms with Gasteiger partial charge in [0.15, 0.2) is 0 Å². The average Bonchev–Trinajstić information content (AvgIpc) is 3.27. The lowest BCUT2D eigenvalue weighted by atomic mass is 10.1. The van der Waals surface area contributed by atoms with Crippen LogP contribution in [0.3, 0.4) is 0 Å². The van der Waals surface area contributed by atoms with Gasteiger partial charge < -0.3 is 10.2 Å². The Morgan fingerprint density at radius 3 is 1.94 bits per heavy atom. The van der Waals surface area contributed by atoms with Crippen LogP contribution in [0.4, 0.5) is 28.4 Å². The van der Waals surface area contributed by atoms with Crippen molar-refractivity contribution in [3.63, 3.8) is 0 Å². The average molecular weight is 445 g/mol. The van der Waals surface area contributed by atoms with E-state index in [1.807, 2.05) is 42.7 Å². The zero-order valence-electron chi connectivity index (χ0n) is 17.7. The summed E-state index contributed by atoms with van der Waals surface area (Å²) in [6, 6.07) is 31.3. The third-order valence-corrected chi connectivity index (χ3v) is 6.88. The number of nitrogens with one attached hydrogen (secondary N) is 1. The van der Waals surface area contributed by atoms with Crippen LogP contribution in [0, 0.1) is 0 Å². The molecule has 0 unspecified atom stereocenters. The molecule has 4 nitrogen and oxygen atoms in total.